The van der Waals surface area contributed by atoms with Gasteiger partial charge in [-0.15, -0.1) is 24.8 Å². The van der Waals surface area contributed by atoms with Gasteiger partial charge < -0.3 is 20.4 Å². The number of aromatic nitrogens is 4. The highest BCUT2D eigenvalue weighted by molar-refractivity contribution is 7.29. The summed E-state index contributed by atoms with van der Waals surface area (Å²) in [4.78, 5) is 13.5. The van der Waals surface area contributed by atoms with Crippen molar-refractivity contribution < 1.29 is 10.2 Å². The lowest BCUT2D eigenvalue weighted by Crippen LogP contribution is -2.48. The number of aliphatic hydroxyl groups is 1. The summed E-state index contributed by atoms with van der Waals surface area (Å²) in [5.41, 5.74) is 2.53. The van der Waals surface area contributed by atoms with E-state index >= 15 is 0 Å². The van der Waals surface area contributed by atoms with E-state index in [0.29, 0.717) is 11.6 Å². The average Bonchev–Trinajstić information content (AvgIpc) is 3.49. The molecule has 4 N–H and O–H groups in total. The molecule has 2 atom stereocenters. The highest BCUT2D eigenvalue weighted by Crippen LogP contribution is 2.40. The average molecular weight is 515 g/mol. The SMILES string of the molecule is CN(c1nc2sc(-c3ccc(-c4cn[nH]c4)cc3O)nc2s1)[C@H]1CCN[C@@H](CO)C1.Cl.Cl. The van der Waals surface area contributed by atoms with Crippen LogP contribution >= 0.6 is 47.5 Å². The van der Waals surface area contributed by atoms with Gasteiger partial charge in [0.2, 0.25) is 0 Å². The topological polar surface area (TPSA) is 110 Å². The molecule has 0 bridgehead atoms. The van der Waals surface area contributed by atoms with E-state index < -0.39 is 0 Å². The molecule has 0 unspecified atom stereocenters. The van der Waals surface area contributed by atoms with Gasteiger partial charge in [0.05, 0.1) is 18.4 Å². The molecular formula is C20H24Cl2N6O2S2. The largest absolute Gasteiger partial charge is 0.507 e. The molecule has 1 aromatic carbocycles. The molecule has 0 saturated carbocycles. The van der Waals surface area contributed by atoms with Gasteiger partial charge in [-0.3, -0.25) is 5.10 Å². The van der Waals surface area contributed by atoms with E-state index in [0.717, 1.165) is 50.3 Å². The van der Waals surface area contributed by atoms with Crippen molar-refractivity contribution in [1.82, 2.24) is 25.5 Å². The predicted molar refractivity (Wildman–Crippen MR) is 135 cm³/mol. The molecule has 1 saturated heterocycles. The summed E-state index contributed by atoms with van der Waals surface area (Å²) in [6.45, 7) is 1.06. The molecule has 4 aromatic rings. The van der Waals surface area contributed by atoms with E-state index in [4.69, 9.17) is 9.97 Å². The number of phenols is 1. The molecular weight excluding hydrogens is 491 g/mol. The minimum absolute atomic E-state index is 0. The lowest BCUT2D eigenvalue weighted by atomic mass is 9.99. The zero-order valence-electron chi connectivity index (χ0n) is 17.2. The molecule has 0 amide bonds. The number of phenolic OH excluding ortho intramolecular Hbond substituents is 1. The van der Waals surface area contributed by atoms with Crippen LogP contribution in [-0.2, 0) is 0 Å². The van der Waals surface area contributed by atoms with Gasteiger partial charge in [-0.2, -0.15) is 5.10 Å². The molecule has 12 heteroatoms. The zero-order chi connectivity index (χ0) is 20.7. The summed E-state index contributed by atoms with van der Waals surface area (Å²) < 4.78 is 0. The Bertz CT molecular complexity index is 1130. The summed E-state index contributed by atoms with van der Waals surface area (Å²) in [5, 5.41) is 31.8. The number of rotatable bonds is 5. The summed E-state index contributed by atoms with van der Waals surface area (Å²) in [6, 6.07) is 6.07. The maximum atomic E-state index is 10.6. The number of thiazole rings is 2. The first-order valence-electron chi connectivity index (χ1n) is 9.79. The lowest BCUT2D eigenvalue weighted by Gasteiger charge is -2.35. The molecule has 1 aliphatic rings. The molecule has 0 radical (unpaired) electrons. The van der Waals surface area contributed by atoms with Crippen molar-refractivity contribution in [1.29, 1.82) is 0 Å². The summed E-state index contributed by atoms with van der Waals surface area (Å²) in [5.74, 6) is 0.192. The summed E-state index contributed by atoms with van der Waals surface area (Å²) >= 11 is 3.06. The fraction of sp³-hybridized carbons (Fsp3) is 0.350. The number of benzene rings is 1. The number of halogens is 2. The Morgan fingerprint density at radius 1 is 1.16 bits per heavy atom. The van der Waals surface area contributed by atoms with Gasteiger partial charge in [0, 0.05) is 30.9 Å². The van der Waals surface area contributed by atoms with E-state index in [1.807, 2.05) is 12.1 Å². The smallest absolute Gasteiger partial charge is 0.188 e. The molecule has 8 nitrogen and oxygen atoms in total. The van der Waals surface area contributed by atoms with Crippen molar-refractivity contribution in [3.05, 3.63) is 30.6 Å². The molecule has 1 fully saturated rings. The molecule has 5 rings (SSSR count). The number of piperidine rings is 1. The van der Waals surface area contributed by atoms with E-state index in [1.165, 1.54) is 11.3 Å². The van der Waals surface area contributed by atoms with Crippen LogP contribution in [0.15, 0.2) is 30.6 Å². The van der Waals surface area contributed by atoms with Crippen LogP contribution in [0.5, 0.6) is 5.75 Å². The number of hydrogen-bond acceptors (Lipinski definition) is 9. The Kier molecular flexibility index (Phi) is 7.97. The molecule has 3 aromatic heterocycles. The first-order valence-corrected chi connectivity index (χ1v) is 11.4. The second-order valence-electron chi connectivity index (χ2n) is 7.47. The second-order valence-corrected chi connectivity index (χ2v) is 9.40. The maximum Gasteiger partial charge on any atom is 0.188 e. The van der Waals surface area contributed by atoms with E-state index in [2.05, 4.69) is 27.5 Å². The standard InChI is InChI=1S/C20H22N6O2S2.2ClH/c1-26(14-4-5-21-13(7-14)10-27)20-25-19-18(30-20)24-17(29-19)15-3-2-11(6-16(15)28)12-8-22-23-9-12;;/h2-3,6,8-9,13-14,21,27-28H,4-5,7,10H2,1H3,(H,22,23);2*1H/t13-,14+;;/m1../s1. The van der Waals surface area contributed by atoms with E-state index in [1.54, 1.807) is 29.8 Å². The van der Waals surface area contributed by atoms with Gasteiger partial charge in [0.25, 0.3) is 0 Å². The van der Waals surface area contributed by atoms with Crippen LogP contribution in [0.2, 0.25) is 0 Å². The normalized spacial score (nSPS) is 18.2. The Morgan fingerprint density at radius 3 is 2.66 bits per heavy atom. The van der Waals surface area contributed by atoms with Gasteiger partial charge in [0.1, 0.15) is 10.8 Å². The van der Waals surface area contributed by atoms with Crippen LogP contribution in [0.3, 0.4) is 0 Å². The van der Waals surface area contributed by atoms with Crippen molar-refractivity contribution in [2.24, 2.45) is 0 Å². The van der Waals surface area contributed by atoms with Gasteiger partial charge in [-0.05, 0) is 37.1 Å². The zero-order valence-corrected chi connectivity index (χ0v) is 20.5. The fourth-order valence-corrected chi connectivity index (χ4v) is 5.94. The van der Waals surface area contributed by atoms with Crippen molar-refractivity contribution >= 4 is 62.3 Å². The summed E-state index contributed by atoms with van der Waals surface area (Å²) in [6.07, 6.45) is 5.44. The number of fused-ring (bicyclic) bond motifs is 1. The number of nitrogens with zero attached hydrogens (tertiary/aromatic N) is 4. The van der Waals surface area contributed by atoms with Crippen LogP contribution in [0, 0.1) is 0 Å². The van der Waals surface area contributed by atoms with Gasteiger partial charge in [-0.25, -0.2) is 9.97 Å². The van der Waals surface area contributed by atoms with Crippen molar-refractivity contribution in [3.8, 4) is 27.4 Å². The number of hydrogen-bond donors (Lipinski definition) is 4. The molecule has 32 heavy (non-hydrogen) atoms. The third-order valence-electron chi connectivity index (χ3n) is 5.56. The third-order valence-corrected chi connectivity index (χ3v) is 7.71. The first-order chi connectivity index (χ1) is 14.6. The monoisotopic (exact) mass is 514 g/mol. The van der Waals surface area contributed by atoms with Crippen LogP contribution in [0.25, 0.3) is 31.4 Å². The van der Waals surface area contributed by atoms with Crippen LogP contribution in [0.4, 0.5) is 5.13 Å². The highest BCUT2D eigenvalue weighted by Gasteiger charge is 2.26. The van der Waals surface area contributed by atoms with Crippen LogP contribution in [-0.4, -0.2) is 62.7 Å². The molecule has 0 spiro atoms. The van der Waals surface area contributed by atoms with Gasteiger partial charge in [-0.1, -0.05) is 28.7 Å². The lowest BCUT2D eigenvalue weighted by molar-refractivity contribution is 0.209. The highest BCUT2D eigenvalue weighted by atomic mass is 35.5. The minimum atomic E-state index is 0. The Morgan fingerprint density at radius 2 is 1.97 bits per heavy atom. The number of aromatic hydroxyl groups is 1. The Labute approximate surface area is 205 Å². The van der Waals surface area contributed by atoms with Gasteiger partial charge >= 0.3 is 0 Å². The quantitative estimate of drug-likeness (QED) is 0.319. The minimum Gasteiger partial charge on any atom is -0.507 e. The molecule has 1 aliphatic heterocycles. The Balaban J connectivity index is 0.00000144. The van der Waals surface area contributed by atoms with Crippen molar-refractivity contribution in [2.75, 3.05) is 25.1 Å². The predicted octanol–water partition coefficient (Wildman–Crippen LogP) is 3.91. The maximum absolute atomic E-state index is 10.6. The molecule has 0 aliphatic carbocycles. The number of aliphatic hydroxyl groups excluding tert-OH is 1. The van der Waals surface area contributed by atoms with Crippen LogP contribution in [0.1, 0.15) is 12.8 Å². The van der Waals surface area contributed by atoms with Crippen molar-refractivity contribution in [3.63, 3.8) is 0 Å². The van der Waals surface area contributed by atoms with Crippen LogP contribution < -0.4 is 10.2 Å². The Hall–Kier alpha value is -1.95. The number of aromatic amines is 1. The van der Waals surface area contributed by atoms with Crippen molar-refractivity contribution in [2.45, 2.75) is 24.9 Å². The molecule has 4 heterocycles. The fourth-order valence-electron chi connectivity index (χ4n) is 3.83. The first kappa shape index (κ1) is 24.7. The number of H-pyrrole nitrogens is 1. The number of anilines is 1. The second kappa shape index (κ2) is 10.3. The third kappa shape index (κ3) is 4.70. The summed E-state index contributed by atoms with van der Waals surface area (Å²) in [7, 11) is 2.06. The van der Waals surface area contributed by atoms with E-state index in [-0.39, 0.29) is 43.2 Å². The molecule has 172 valence electrons. The van der Waals surface area contributed by atoms with Gasteiger partial charge in [0.15, 0.2) is 14.8 Å². The van der Waals surface area contributed by atoms with E-state index in [9.17, 15) is 10.2 Å². The number of nitrogens with one attached hydrogen (secondary N) is 2.